The van der Waals surface area contributed by atoms with Gasteiger partial charge in [0.05, 0.1) is 18.2 Å². The van der Waals surface area contributed by atoms with Crippen LogP contribution in [0, 0.1) is 11.3 Å². The monoisotopic (exact) mass is 220 g/mol. The molecule has 1 aromatic rings. The molecule has 0 unspecified atom stereocenters. The van der Waals surface area contributed by atoms with Gasteiger partial charge in [-0.15, -0.1) is 0 Å². The van der Waals surface area contributed by atoms with Crippen LogP contribution in [0.2, 0.25) is 0 Å². The van der Waals surface area contributed by atoms with Gasteiger partial charge in [-0.05, 0) is 24.3 Å². The molecule has 0 aliphatic rings. The summed E-state index contributed by atoms with van der Waals surface area (Å²) in [7, 11) is 0. The molecule has 84 valence electrons. The van der Waals surface area contributed by atoms with Gasteiger partial charge < -0.3 is 15.2 Å². The first-order chi connectivity index (χ1) is 7.76. The van der Waals surface area contributed by atoms with E-state index in [1.54, 1.807) is 24.3 Å². The highest BCUT2D eigenvalue weighted by molar-refractivity contribution is 5.77. The summed E-state index contributed by atoms with van der Waals surface area (Å²) in [4.78, 5) is 11.1. The third-order valence-corrected chi connectivity index (χ3v) is 1.79. The second-order valence-electron chi connectivity index (χ2n) is 3.00. The first-order valence-corrected chi connectivity index (χ1v) is 4.77. The predicted molar refractivity (Wildman–Crippen MR) is 56.7 cm³/mol. The Morgan fingerprint density at radius 3 is 2.69 bits per heavy atom. The number of rotatable bonds is 5. The van der Waals surface area contributed by atoms with Crippen molar-refractivity contribution in [2.45, 2.75) is 0 Å². The van der Waals surface area contributed by atoms with E-state index in [1.807, 2.05) is 6.07 Å². The van der Waals surface area contributed by atoms with Crippen molar-refractivity contribution in [3.8, 4) is 11.8 Å². The number of hydrogen-bond acceptors (Lipinski definition) is 4. The summed E-state index contributed by atoms with van der Waals surface area (Å²) in [6.45, 7) is 0.0179. The van der Waals surface area contributed by atoms with E-state index in [0.29, 0.717) is 11.3 Å². The molecule has 1 rings (SSSR count). The molecule has 1 amide bonds. The topological polar surface area (TPSA) is 82.3 Å². The number of hydrogen-bond donors (Lipinski definition) is 2. The number of nitriles is 1. The van der Waals surface area contributed by atoms with Crippen LogP contribution in [0.25, 0.3) is 0 Å². The smallest absolute Gasteiger partial charge is 0.258 e. The molecule has 0 atom stereocenters. The molecule has 0 aliphatic carbocycles. The van der Waals surface area contributed by atoms with Gasteiger partial charge in [-0.3, -0.25) is 4.79 Å². The third-order valence-electron chi connectivity index (χ3n) is 1.79. The number of aliphatic hydroxyl groups excluding tert-OH is 1. The number of amides is 1. The summed E-state index contributed by atoms with van der Waals surface area (Å²) < 4.78 is 5.16. The van der Waals surface area contributed by atoms with Crippen LogP contribution >= 0.6 is 0 Å². The van der Waals surface area contributed by atoms with Crippen molar-refractivity contribution in [3.63, 3.8) is 0 Å². The van der Waals surface area contributed by atoms with Gasteiger partial charge in [-0.2, -0.15) is 5.26 Å². The van der Waals surface area contributed by atoms with E-state index < -0.39 is 0 Å². The number of nitrogens with zero attached hydrogens (tertiary/aromatic N) is 1. The fourth-order valence-corrected chi connectivity index (χ4v) is 1.02. The van der Waals surface area contributed by atoms with Crippen molar-refractivity contribution in [2.75, 3.05) is 19.8 Å². The SMILES string of the molecule is N#Cc1ccc(OCC(=O)NCCO)cc1. The molecule has 0 saturated carbocycles. The normalized spacial score (nSPS) is 9.25. The minimum absolute atomic E-state index is 0.0946. The zero-order chi connectivity index (χ0) is 11.8. The van der Waals surface area contributed by atoms with Crippen molar-refractivity contribution < 1.29 is 14.6 Å². The molecule has 0 radical (unpaired) electrons. The third kappa shape index (κ3) is 3.98. The lowest BCUT2D eigenvalue weighted by molar-refractivity contribution is -0.123. The van der Waals surface area contributed by atoms with Gasteiger partial charge >= 0.3 is 0 Å². The molecule has 1 aromatic carbocycles. The van der Waals surface area contributed by atoms with E-state index in [-0.39, 0.29) is 25.7 Å². The summed E-state index contributed by atoms with van der Waals surface area (Å²) in [5.41, 5.74) is 0.539. The maximum atomic E-state index is 11.1. The Labute approximate surface area is 93.3 Å². The van der Waals surface area contributed by atoms with Crippen LogP contribution in [0.3, 0.4) is 0 Å². The molecular weight excluding hydrogens is 208 g/mol. The van der Waals surface area contributed by atoms with Crippen LogP contribution in [0.15, 0.2) is 24.3 Å². The Kier molecular flexibility index (Phi) is 4.83. The largest absolute Gasteiger partial charge is 0.484 e. The molecule has 2 N–H and O–H groups in total. The number of benzene rings is 1. The maximum absolute atomic E-state index is 11.1. The van der Waals surface area contributed by atoms with Crippen LogP contribution < -0.4 is 10.1 Å². The first kappa shape index (κ1) is 12.0. The van der Waals surface area contributed by atoms with E-state index >= 15 is 0 Å². The first-order valence-electron chi connectivity index (χ1n) is 4.77. The molecule has 0 heterocycles. The molecule has 5 heteroatoms. The van der Waals surface area contributed by atoms with Crippen LogP contribution in [0.5, 0.6) is 5.75 Å². The highest BCUT2D eigenvalue weighted by Crippen LogP contribution is 2.10. The second kappa shape index (κ2) is 6.43. The van der Waals surface area contributed by atoms with Gasteiger partial charge in [-0.25, -0.2) is 0 Å². The number of nitrogens with one attached hydrogen (secondary N) is 1. The van der Waals surface area contributed by atoms with Crippen LogP contribution in [-0.2, 0) is 4.79 Å². The van der Waals surface area contributed by atoms with E-state index in [1.165, 1.54) is 0 Å². The van der Waals surface area contributed by atoms with Crippen molar-refractivity contribution in [2.24, 2.45) is 0 Å². The minimum atomic E-state index is -0.293. The Hall–Kier alpha value is -2.06. The Balaban J connectivity index is 2.37. The lowest BCUT2D eigenvalue weighted by Crippen LogP contribution is -2.31. The highest BCUT2D eigenvalue weighted by Gasteiger charge is 2.01. The van der Waals surface area contributed by atoms with Crippen LogP contribution in [-0.4, -0.2) is 30.8 Å². The van der Waals surface area contributed by atoms with E-state index in [0.717, 1.165) is 0 Å². The average Bonchev–Trinajstić information content (AvgIpc) is 2.34. The van der Waals surface area contributed by atoms with Gasteiger partial charge in [0.15, 0.2) is 6.61 Å². The van der Waals surface area contributed by atoms with Gasteiger partial charge in [0.1, 0.15) is 5.75 Å². The summed E-state index contributed by atoms with van der Waals surface area (Å²) in [6, 6.07) is 8.45. The fourth-order valence-electron chi connectivity index (χ4n) is 1.02. The summed E-state index contributed by atoms with van der Waals surface area (Å²) in [5.74, 6) is 0.233. The lowest BCUT2D eigenvalue weighted by Gasteiger charge is -2.06. The number of aliphatic hydroxyl groups is 1. The van der Waals surface area contributed by atoms with Gasteiger partial charge in [-0.1, -0.05) is 0 Å². The molecule has 0 saturated heterocycles. The van der Waals surface area contributed by atoms with Crippen molar-refractivity contribution in [1.82, 2.24) is 5.32 Å². The number of carbonyl (C=O) groups is 1. The molecule has 0 bridgehead atoms. The molecular formula is C11H12N2O3. The van der Waals surface area contributed by atoms with E-state index in [2.05, 4.69) is 5.32 Å². The Morgan fingerprint density at radius 1 is 1.44 bits per heavy atom. The Morgan fingerprint density at radius 2 is 2.12 bits per heavy atom. The molecule has 5 nitrogen and oxygen atoms in total. The minimum Gasteiger partial charge on any atom is -0.484 e. The molecule has 0 spiro atoms. The molecule has 0 aromatic heterocycles. The molecule has 16 heavy (non-hydrogen) atoms. The standard InChI is InChI=1S/C11H12N2O3/c12-7-9-1-3-10(4-2-9)16-8-11(15)13-5-6-14/h1-4,14H,5-6,8H2,(H,13,15). The highest BCUT2D eigenvalue weighted by atomic mass is 16.5. The average molecular weight is 220 g/mol. The predicted octanol–water partition coefficient (Wildman–Crippen LogP) is 0.0456. The van der Waals surface area contributed by atoms with Gasteiger partial charge in [0, 0.05) is 6.54 Å². The summed E-state index contributed by atoms with van der Waals surface area (Å²) >= 11 is 0. The number of ether oxygens (including phenoxy) is 1. The fraction of sp³-hybridized carbons (Fsp3) is 0.273. The molecule has 0 fully saturated rings. The Bertz CT molecular complexity index is 381. The van der Waals surface area contributed by atoms with Crippen LogP contribution in [0.1, 0.15) is 5.56 Å². The van der Waals surface area contributed by atoms with Crippen molar-refractivity contribution >= 4 is 5.91 Å². The maximum Gasteiger partial charge on any atom is 0.258 e. The van der Waals surface area contributed by atoms with E-state index in [4.69, 9.17) is 15.1 Å². The zero-order valence-electron chi connectivity index (χ0n) is 8.64. The number of carbonyl (C=O) groups excluding carboxylic acids is 1. The van der Waals surface area contributed by atoms with Gasteiger partial charge in [0.2, 0.25) is 0 Å². The van der Waals surface area contributed by atoms with Crippen LogP contribution in [0.4, 0.5) is 0 Å². The zero-order valence-corrected chi connectivity index (χ0v) is 8.64. The molecule has 0 aliphatic heterocycles. The second-order valence-corrected chi connectivity index (χ2v) is 3.00. The quantitative estimate of drug-likeness (QED) is 0.734. The van der Waals surface area contributed by atoms with E-state index in [9.17, 15) is 4.79 Å². The lowest BCUT2D eigenvalue weighted by atomic mass is 10.2. The van der Waals surface area contributed by atoms with Crippen molar-refractivity contribution in [3.05, 3.63) is 29.8 Å². The summed E-state index contributed by atoms with van der Waals surface area (Å²) in [6.07, 6.45) is 0. The van der Waals surface area contributed by atoms with Gasteiger partial charge in [0.25, 0.3) is 5.91 Å². The van der Waals surface area contributed by atoms with Crippen molar-refractivity contribution in [1.29, 1.82) is 5.26 Å². The summed E-state index contributed by atoms with van der Waals surface area (Å²) in [5, 5.41) is 19.5.